The molecule has 2 rings (SSSR count). The van der Waals surface area contributed by atoms with Gasteiger partial charge in [-0.05, 0) is 12.5 Å². The highest BCUT2D eigenvalue weighted by molar-refractivity contribution is 7.88. The van der Waals surface area contributed by atoms with Crippen LogP contribution in [0, 0.1) is 6.92 Å². The van der Waals surface area contributed by atoms with Gasteiger partial charge in [0.15, 0.2) is 0 Å². The Balaban J connectivity index is 1.76. The van der Waals surface area contributed by atoms with Gasteiger partial charge in [0.1, 0.15) is 0 Å². The molecule has 0 aliphatic carbocycles. The summed E-state index contributed by atoms with van der Waals surface area (Å²) >= 11 is 0. The number of hydrogen-bond acceptors (Lipinski definition) is 5. The molecule has 1 heterocycles. The summed E-state index contributed by atoms with van der Waals surface area (Å²) in [5.41, 5.74) is 2.04. The third kappa shape index (κ3) is 7.41. The number of hydrogen-bond donors (Lipinski definition) is 1. The normalized spacial score (nSPS) is 16.0. The van der Waals surface area contributed by atoms with Gasteiger partial charge in [-0.25, -0.2) is 8.42 Å². The van der Waals surface area contributed by atoms with Gasteiger partial charge >= 0.3 is 0 Å². The SMILES string of the molecule is Cc1ccc(CN(CCC(=O)NCCN2CCOCC2)S(C)(=O)=O)cc1. The summed E-state index contributed by atoms with van der Waals surface area (Å²) in [5.74, 6) is -0.129. The van der Waals surface area contributed by atoms with Gasteiger partial charge in [-0.2, -0.15) is 4.31 Å². The van der Waals surface area contributed by atoms with Crippen LogP contribution in [0.4, 0.5) is 0 Å². The summed E-state index contributed by atoms with van der Waals surface area (Å²) in [6.45, 7) is 7.02. The Hall–Kier alpha value is -1.48. The molecule has 0 spiro atoms. The molecular formula is C18H29N3O4S. The van der Waals surface area contributed by atoms with E-state index in [1.165, 1.54) is 10.6 Å². The molecule has 1 N–H and O–H groups in total. The molecule has 0 radical (unpaired) electrons. The predicted octanol–water partition coefficient (Wildman–Crippen LogP) is 0.595. The smallest absolute Gasteiger partial charge is 0.221 e. The highest BCUT2D eigenvalue weighted by atomic mass is 32.2. The van der Waals surface area contributed by atoms with Crippen LogP contribution in [0.3, 0.4) is 0 Å². The Morgan fingerprint density at radius 3 is 2.50 bits per heavy atom. The lowest BCUT2D eigenvalue weighted by Crippen LogP contribution is -2.42. The van der Waals surface area contributed by atoms with E-state index in [-0.39, 0.29) is 25.4 Å². The van der Waals surface area contributed by atoms with Crippen LogP contribution < -0.4 is 5.32 Å². The van der Waals surface area contributed by atoms with Crippen molar-refractivity contribution in [1.82, 2.24) is 14.5 Å². The average Bonchev–Trinajstić information content (AvgIpc) is 2.60. The minimum Gasteiger partial charge on any atom is -0.379 e. The van der Waals surface area contributed by atoms with Crippen LogP contribution in [0.1, 0.15) is 17.5 Å². The van der Waals surface area contributed by atoms with Gasteiger partial charge in [-0.15, -0.1) is 0 Å². The van der Waals surface area contributed by atoms with Crippen molar-refractivity contribution >= 4 is 15.9 Å². The first-order chi connectivity index (χ1) is 12.3. The molecule has 0 aromatic heterocycles. The molecule has 0 unspecified atom stereocenters. The number of morpholine rings is 1. The first kappa shape index (κ1) is 20.8. The van der Waals surface area contributed by atoms with E-state index in [9.17, 15) is 13.2 Å². The van der Waals surface area contributed by atoms with Crippen LogP contribution in [-0.2, 0) is 26.1 Å². The van der Waals surface area contributed by atoms with Crippen molar-refractivity contribution < 1.29 is 17.9 Å². The number of benzene rings is 1. The fourth-order valence-electron chi connectivity index (χ4n) is 2.75. The summed E-state index contributed by atoms with van der Waals surface area (Å²) in [5, 5.41) is 2.87. The number of amides is 1. The zero-order valence-corrected chi connectivity index (χ0v) is 16.4. The molecule has 1 fully saturated rings. The fraction of sp³-hybridized carbons (Fsp3) is 0.611. The molecule has 1 aromatic rings. The third-order valence-electron chi connectivity index (χ3n) is 4.39. The van der Waals surface area contributed by atoms with E-state index >= 15 is 0 Å². The van der Waals surface area contributed by atoms with E-state index in [2.05, 4.69) is 10.2 Å². The van der Waals surface area contributed by atoms with E-state index in [4.69, 9.17) is 4.74 Å². The van der Waals surface area contributed by atoms with Gasteiger partial charge in [-0.3, -0.25) is 9.69 Å². The van der Waals surface area contributed by atoms with Crippen LogP contribution in [0.5, 0.6) is 0 Å². The number of carbonyl (C=O) groups is 1. The summed E-state index contributed by atoms with van der Waals surface area (Å²) in [6.07, 6.45) is 1.33. The van der Waals surface area contributed by atoms with Gasteiger partial charge in [0, 0.05) is 45.7 Å². The molecule has 146 valence electrons. The second kappa shape index (κ2) is 10.0. The largest absolute Gasteiger partial charge is 0.379 e. The molecule has 0 bridgehead atoms. The molecule has 1 saturated heterocycles. The minimum atomic E-state index is -3.38. The molecule has 1 amide bonds. The quantitative estimate of drug-likeness (QED) is 0.675. The van der Waals surface area contributed by atoms with Gasteiger partial charge in [-0.1, -0.05) is 29.8 Å². The van der Waals surface area contributed by atoms with Crippen molar-refractivity contribution in [2.24, 2.45) is 0 Å². The molecule has 1 aromatic carbocycles. The number of nitrogens with one attached hydrogen (secondary N) is 1. The van der Waals surface area contributed by atoms with Crippen LogP contribution in [0.15, 0.2) is 24.3 Å². The number of aryl methyl sites for hydroxylation is 1. The topological polar surface area (TPSA) is 79.0 Å². The number of nitrogens with zero attached hydrogens (tertiary/aromatic N) is 2. The number of ether oxygens (including phenoxy) is 1. The van der Waals surface area contributed by atoms with E-state index in [0.717, 1.165) is 44.0 Å². The number of carbonyl (C=O) groups excluding carboxylic acids is 1. The number of sulfonamides is 1. The van der Waals surface area contributed by atoms with E-state index in [1.54, 1.807) is 0 Å². The lowest BCUT2D eigenvalue weighted by Gasteiger charge is -2.26. The van der Waals surface area contributed by atoms with Crippen LogP contribution in [0.25, 0.3) is 0 Å². The van der Waals surface area contributed by atoms with Gasteiger partial charge in [0.25, 0.3) is 0 Å². The van der Waals surface area contributed by atoms with E-state index < -0.39 is 10.0 Å². The highest BCUT2D eigenvalue weighted by Crippen LogP contribution is 2.10. The average molecular weight is 384 g/mol. The monoisotopic (exact) mass is 383 g/mol. The van der Waals surface area contributed by atoms with Crippen molar-refractivity contribution in [3.05, 3.63) is 35.4 Å². The predicted molar refractivity (Wildman–Crippen MR) is 101 cm³/mol. The lowest BCUT2D eigenvalue weighted by molar-refractivity contribution is -0.121. The van der Waals surface area contributed by atoms with Gasteiger partial charge < -0.3 is 10.1 Å². The maximum atomic E-state index is 12.0. The minimum absolute atomic E-state index is 0.129. The molecule has 0 saturated carbocycles. The zero-order valence-electron chi connectivity index (χ0n) is 15.6. The summed E-state index contributed by atoms with van der Waals surface area (Å²) in [7, 11) is -3.38. The fourth-order valence-corrected chi connectivity index (χ4v) is 3.56. The van der Waals surface area contributed by atoms with Crippen LogP contribution in [0.2, 0.25) is 0 Å². The Labute approximate surface area is 156 Å². The highest BCUT2D eigenvalue weighted by Gasteiger charge is 2.18. The molecule has 1 aliphatic rings. The zero-order chi connectivity index (χ0) is 19.0. The van der Waals surface area contributed by atoms with Crippen molar-refractivity contribution in [2.75, 3.05) is 52.2 Å². The Kier molecular flexibility index (Phi) is 8.02. The molecule has 7 nitrogen and oxygen atoms in total. The maximum Gasteiger partial charge on any atom is 0.221 e. The van der Waals surface area contributed by atoms with Gasteiger partial charge in [0.05, 0.1) is 19.5 Å². The second-order valence-electron chi connectivity index (χ2n) is 6.64. The lowest BCUT2D eigenvalue weighted by atomic mass is 10.1. The maximum absolute atomic E-state index is 12.0. The Morgan fingerprint density at radius 1 is 1.23 bits per heavy atom. The van der Waals surface area contributed by atoms with Crippen LogP contribution in [-0.4, -0.2) is 75.7 Å². The van der Waals surface area contributed by atoms with E-state index in [1.807, 2.05) is 31.2 Å². The first-order valence-corrected chi connectivity index (χ1v) is 10.8. The van der Waals surface area contributed by atoms with Crippen molar-refractivity contribution in [1.29, 1.82) is 0 Å². The third-order valence-corrected chi connectivity index (χ3v) is 5.64. The van der Waals surface area contributed by atoms with Crippen molar-refractivity contribution in [3.8, 4) is 0 Å². The number of rotatable bonds is 9. The summed E-state index contributed by atoms with van der Waals surface area (Å²) < 4.78 is 30.7. The first-order valence-electron chi connectivity index (χ1n) is 8.92. The Bertz CT molecular complexity index is 670. The Morgan fingerprint density at radius 2 is 1.88 bits per heavy atom. The molecule has 8 heteroatoms. The van der Waals surface area contributed by atoms with Crippen molar-refractivity contribution in [3.63, 3.8) is 0 Å². The molecular weight excluding hydrogens is 354 g/mol. The molecule has 0 atom stereocenters. The second-order valence-corrected chi connectivity index (χ2v) is 8.62. The van der Waals surface area contributed by atoms with Crippen LogP contribution >= 0.6 is 0 Å². The van der Waals surface area contributed by atoms with Crippen molar-refractivity contribution in [2.45, 2.75) is 19.9 Å². The molecule has 1 aliphatic heterocycles. The summed E-state index contributed by atoms with van der Waals surface area (Å²) in [6, 6.07) is 7.73. The molecule has 26 heavy (non-hydrogen) atoms. The van der Waals surface area contributed by atoms with E-state index in [0.29, 0.717) is 6.54 Å². The van der Waals surface area contributed by atoms with Gasteiger partial charge in [0.2, 0.25) is 15.9 Å². The summed E-state index contributed by atoms with van der Waals surface area (Å²) in [4.78, 5) is 14.3. The standard InChI is InChI=1S/C18H29N3O4S/c1-16-3-5-17(6-4-16)15-21(26(2,23)24)9-7-18(22)19-8-10-20-11-13-25-14-12-20/h3-6H,7-15H2,1-2H3,(H,19,22).